The molecule has 0 aliphatic carbocycles. The third kappa shape index (κ3) is 0.680. The molecule has 0 fully saturated rings. The van der Waals surface area contributed by atoms with Gasteiger partial charge in [0.2, 0.25) is 12.3 Å². The Morgan fingerprint density at radius 3 is 3.20 bits per heavy atom. The molecule has 0 unspecified atom stereocenters. The molecule has 5 nitrogen and oxygen atoms in total. The van der Waals surface area contributed by atoms with E-state index in [2.05, 4.69) is 26.6 Å². The highest BCUT2D eigenvalue weighted by molar-refractivity contribution is 5.03. The van der Waals surface area contributed by atoms with Crippen molar-refractivity contribution in [1.82, 2.24) is 25.0 Å². The molecule has 49 valence electrons. The van der Waals surface area contributed by atoms with Crippen molar-refractivity contribution < 1.29 is 0 Å². The summed E-state index contributed by atoms with van der Waals surface area (Å²) >= 11 is 0. The summed E-state index contributed by atoms with van der Waals surface area (Å²) in [6.07, 6.45) is 5.84. The molecule has 10 heavy (non-hydrogen) atoms. The second-order valence-corrected chi connectivity index (χ2v) is 1.71. The van der Waals surface area contributed by atoms with Crippen LogP contribution in [0.1, 0.15) is 0 Å². The zero-order chi connectivity index (χ0) is 6.81. The van der Waals surface area contributed by atoms with Gasteiger partial charge in [-0.2, -0.15) is 10.1 Å². The lowest BCUT2D eigenvalue weighted by atomic mass is 10.7. The molecule has 0 amide bonds. The number of rotatable bonds is 1. The molecular formula is C5H4N5. The maximum absolute atomic E-state index is 3.92. The van der Waals surface area contributed by atoms with Gasteiger partial charge in [0.05, 0.1) is 0 Å². The van der Waals surface area contributed by atoms with Crippen LogP contribution in [0.4, 0.5) is 0 Å². The normalized spacial score (nSPS) is 10.0. The first-order valence-electron chi connectivity index (χ1n) is 2.75. The van der Waals surface area contributed by atoms with Gasteiger partial charge in [0.15, 0.2) is 0 Å². The third-order valence-corrected chi connectivity index (χ3v) is 1.08. The van der Waals surface area contributed by atoms with E-state index in [0.717, 1.165) is 0 Å². The highest BCUT2D eigenvalue weighted by Crippen LogP contribution is 1.92. The van der Waals surface area contributed by atoms with E-state index < -0.39 is 0 Å². The SMILES string of the molecule is [c]1n[nH]c(-n2cccn2)n1. The van der Waals surface area contributed by atoms with Gasteiger partial charge in [0.1, 0.15) is 0 Å². The summed E-state index contributed by atoms with van der Waals surface area (Å²) in [6.45, 7) is 0. The quantitative estimate of drug-likeness (QED) is 0.587. The zero-order valence-corrected chi connectivity index (χ0v) is 5.02. The fourth-order valence-corrected chi connectivity index (χ4v) is 0.669. The van der Waals surface area contributed by atoms with Gasteiger partial charge in [-0.15, -0.1) is 5.10 Å². The summed E-state index contributed by atoms with van der Waals surface area (Å²) in [4.78, 5) is 3.77. The molecule has 1 radical (unpaired) electrons. The van der Waals surface area contributed by atoms with Crippen molar-refractivity contribution in [3.63, 3.8) is 0 Å². The number of nitrogens with one attached hydrogen (secondary N) is 1. The molecule has 0 aliphatic rings. The molecule has 1 N–H and O–H groups in total. The Morgan fingerprint density at radius 1 is 1.60 bits per heavy atom. The Hall–Kier alpha value is -1.65. The van der Waals surface area contributed by atoms with Crippen LogP contribution in [0.15, 0.2) is 18.5 Å². The summed E-state index contributed by atoms with van der Waals surface area (Å²) in [6, 6.07) is 1.81. The van der Waals surface area contributed by atoms with Crippen LogP contribution in [0, 0.1) is 6.33 Å². The molecule has 0 atom stereocenters. The molecule has 5 heteroatoms. The molecular weight excluding hydrogens is 130 g/mol. The van der Waals surface area contributed by atoms with Gasteiger partial charge >= 0.3 is 0 Å². The Labute approximate surface area is 56.7 Å². The predicted molar refractivity (Wildman–Crippen MR) is 32.3 cm³/mol. The number of aromatic amines is 1. The van der Waals surface area contributed by atoms with E-state index in [9.17, 15) is 0 Å². The van der Waals surface area contributed by atoms with Crippen LogP contribution < -0.4 is 0 Å². The Bertz CT molecular complexity index is 249. The highest BCUT2D eigenvalue weighted by atomic mass is 15.4. The molecule has 0 saturated carbocycles. The van der Waals surface area contributed by atoms with Crippen LogP contribution in [0.5, 0.6) is 0 Å². The minimum Gasteiger partial charge on any atom is -0.243 e. The number of aromatic nitrogens is 5. The average molecular weight is 134 g/mol. The van der Waals surface area contributed by atoms with Crippen LogP contribution >= 0.6 is 0 Å². The highest BCUT2D eigenvalue weighted by Gasteiger charge is 1.95. The van der Waals surface area contributed by atoms with Crippen molar-refractivity contribution in [2.45, 2.75) is 0 Å². The fraction of sp³-hybridized carbons (Fsp3) is 0. The van der Waals surface area contributed by atoms with Crippen molar-refractivity contribution in [3.8, 4) is 5.95 Å². The van der Waals surface area contributed by atoms with Crippen molar-refractivity contribution in [1.29, 1.82) is 0 Å². The minimum absolute atomic E-state index is 0.574. The van der Waals surface area contributed by atoms with E-state index in [1.165, 1.54) is 0 Å². The van der Waals surface area contributed by atoms with Crippen molar-refractivity contribution in [2.24, 2.45) is 0 Å². The second kappa shape index (κ2) is 1.94. The van der Waals surface area contributed by atoms with Gasteiger partial charge < -0.3 is 0 Å². The van der Waals surface area contributed by atoms with Crippen molar-refractivity contribution in [2.75, 3.05) is 0 Å². The van der Waals surface area contributed by atoms with Crippen molar-refractivity contribution in [3.05, 3.63) is 24.8 Å². The van der Waals surface area contributed by atoms with Gasteiger partial charge in [-0.3, -0.25) is 0 Å². The third-order valence-electron chi connectivity index (χ3n) is 1.08. The summed E-state index contributed by atoms with van der Waals surface area (Å²) in [5, 5.41) is 10.1. The van der Waals surface area contributed by atoms with Gasteiger partial charge in [-0.05, 0) is 6.07 Å². The summed E-state index contributed by atoms with van der Waals surface area (Å²) in [7, 11) is 0. The van der Waals surface area contributed by atoms with Crippen LogP contribution in [0.3, 0.4) is 0 Å². The zero-order valence-electron chi connectivity index (χ0n) is 5.02. The standard InChI is InChI=1S/C5H4N5/c1-2-8-10(3-1)5-6-4-7-9-5/h1-3H,(H,6,7,9). The Kier molecular flexibility index (Phi) is 1.00. The van der Waals surface area contributed by atoms with Crippen LogP contribution in [0.2, 0.25) is 0 Å². The molecule has 0 spiro atoms. The van der Waals surface area contributed by atoms with E-state index in [0.29, 0.717) is 5.95 Å². The van der Waals surface area contributed by atoms with Crippen molar-refractivity contribution >= 4 is 0 Å². The molecule has 2 rings (SSSR count). The van der Waals surface area contributed by atoms with Gasteiger partial charge in [-0.25, -0.2) is 9.78 Å². The maximum atomic E-state index is 3.92. The van der Waals surface area contributed by atoms with Crippen LogP contribution in [0.25, 0.3) is 5.95 Å². The summed E-state index contributed by atoms with van der Waals surface area (Å²) in [5.41, 5.74) is 0. The Morgan fingerprint density at radius 2 is 2.60 bits per heavy atom. The first-order chi connectivity index (χ1) is 4.97. The molecule has 0 aromatic carbocycles. The largest absolute Gasteiger partial charge is 0.246 e. The van der Waals surface area contributed by atoms with E-state index in [1.54, 1.807) is 17.1 Å². The first kappa shape index (κ1) is 5.16. The lowest BCUT2D eigenvalue weighted by Crippen LogP contribution is -1.95. The van der Waals surface area contributed by atoms with Crippen LogP contribution in [-0.2, 0) is 0 Å². The Balaban J connectivity index is 2.48. The molecule has 2 heterocycles. The monoisotopic (exact) mass is 134 g/mol. The van der Waals surface area contributed by atoms with Gasteiger partial charge in [0.25, 0.3) is 0 Å². The van der Waals surface area contributed by atoms with E-state index >= 15 is 0 Å². The van der Waals surface area contributed by atoms with E-state index in [-0.39, 0.29) is 0 Å². The lowest BCUT2D eigenvalue weighted by Gasteiger charge is -1.89. The average Bonchev–Trinajstić information content (AvgIpc) is 2.59. The summed E-state index contributed by atoms with van der Waals surface area (Å²) in [5.74, 6) is 0.574. The van der Waals surface area contributed by atoms with E-state index in [4.69, 9.17) is 0 Å². The van der Waals surface area contributed by atoms with Gasteiger partial charge in [-0.1, -0.05) is 0 Å². The topological polar surface area (TPSA) is 59.4 Å². The lowest BCUT2D eigenvalue weighted by molar-refractivity contribution is 0.813. The molecule has 0 aliphatic heterocycles. The number of hydrogen-bond donors (Lipinski definition) is 1. The molecule has 2 aromatic rings. The second-order valence-electron chi connectivity index (χ2n) is 1.71. The van der Waals surface area contributed by atoms with Gasteiger partial charge in [0, 0.05) is 12.4 Å². The number of hydrogen-bond acceptors (Lipinski definition) is 3. The first-order valence-corrected chi connectivity index (χ1v) is 2.75. The maximum Gasteiger partial charge on any atom is 0.246 e. The molecule has 2 aromatic heterocycles. The number of H-pyrrole nitrogens is 1. The number of nitrogens with zero attached hydrogens (tertiary/aromatic N) is 4. The molecule has 0 bridgehead atoms. The fourth-order valence-electron chi connectivity index (χ4n) is 0.669. The smallest absolute Gasteiger partial charge is 0.243 e. The predicted octanol–water partition coefficient (Wildman–Crippen LogP) is -0.209. The minimum atomic E-state index is 0.574. The molecule has 0 saturated heterocycles. The van der Waals surface area contributed by atoms with E-state index in [1.807, 2.05) is 6.07 Å². The summed E-state index contributed by atoms with van der Waals surface area (Å²) < 4.78 is 1.57. The van der Waals surface area contributed by atoms with Crippen LogP contribution in [-0.4, -0.2) is 25.0 Å².